The maximum atomic E-state index is 13.4. The van der Waals surface area contributed by atoms with Crippen LogP contribution in [0.3, 0.4) is 0 Å². The average molecular weight is 483 g/mol. The Morgan fingerprint density at radius 3 is 2.57 bits per heavy atom. The summed E-state index contributed by atoms with van der Waals surface area (Å²) in [6.07, 6.45) is 1.60. The summed E-state index contributed by atoms with van der Waals surface area (Å²) in [6, 6.07) is 10.8. The Morgan fingerprint density at radius 2 is 1.83 bits per heavy atom. The van der Waals surface area contributed by atoms with Gasteiger partial charge in [-0.15, -0.1) is 0 Å². The number of cyclic esters (lactones) is 1. The van der Waals surface area contributed by atoms with E-state index < -0.39 is 30.1 Å². The van der Waals surface area contributed by atoms with E-state index in [9.17, 15) is 9.59 Å². The summed E-state index contributed by atoms with van der Waals surface area (Å²) >= 11 is 0. The molecule has 2 heterocycles. The molecule has 0 amide bonds. The van der Waals surface area contributed by atoms with Crippen LogP contribution in [0.25, 0.3) is 11.1 Å². The van der Waals surface area contributed by atoms with Crippen molar-refractivity contribution >= 4 is 11.8 Å². The minimum absolute atomic E-state index is 0.0582. The Balaban J connectivity index is 1.92. The fourth-order valence-electron chi connectivity index (χ4n) is 4.24. The smallest absolute Gasteiger partial charge is 0.342 e. The molecule has 2 bridgehead atoms. The molecule has 0 saturated carbocycles. The highest BCUT2D eigenvalue weighted by molar-refractivity contribution is 6.01. The molecular formula is C27H30O8. The lowest BCUT2D eigenvalue weighted by Crippen LogP contribution is -2.27. The van der Waals surface area contributed by atoms with Gasteiger partial charge in [-0.3, -0.25) is 4.79 Å². The fourth-order valence-corrected chi connectivity index (χ4v) is 4.24. The lowest BCUT2D eigenvalue weighted by Gasteiger charge is -2.20. The van der Waals surface area contributed by atoms with Crippen molar-refractivity contribution in [2.45, 2.75) is 51.3 Å². The molecule has 0 aromatic heterocycles. The molecule has 2 aliphatic rings. The predicted molar refractivity (Wildman–Crippen MR) is 127 cm³/mol. The van der Waals surface area contributed by atoms with E-state index >= 15 is 0 Å². The number of hydrogen-bond donors (Lipinski definition) is 0. The molecule has 1 saturated heterocycles. The van der Waals surface area contributed by atoms with Gasteiger partial charge in [0.1, 0.15) is 29.3 Å². The van der Waals surface area contributed by atoms with Gasteiger partial charge in [0.05, 0.1) is 7.11 Å². The molecule has 2 aromatic rings. The maximum Gasteiger partial charge on any atom is 0.342 e. The third kappa shape index (κ3) is 5.40. The second-order valence-electron chi connectivity index (χ2n) is 8.96. The molecule has 0 spiro atoms. The monoisotopic (exact) mass is 482 g/mol. The number of benzene rings is 2. The quantitative estimate of drug-likeness (QED) is 0.461. The summed E-state index contributed by atoms with van der Waals surface area (Å²) in [5.74, 6) is -0.917. The van der Waals surface area contributed by atoms with Crippen molar-refractivity contribution in [3.05, 3.63) is 59.7 Å². The lowest BCUT2D eigenvalue weighted by atomic mass is 9.93. The number of ether oxygens (including phenoxy) is 6. The minimum atomic E-state index is -0.933. The number of methoxy groups -OCH3 is 2. The van der Waals surface area contributed by atoms with E-state index in [2.05, 4.69) is 0 Å². The van der Waals surface area contributed by atoms with Gasteiger partial charge in [0.15, 0.2) is 24.5 Å². The van der Waals surface area contributed by atoms with Gasteiger partial charge < -0.3 is 28.4 Å². The summed E-state index contributed by atoms with van der Waals surface area (Å²) in [7, 11) is 3.04. The van der Waals surface area contributed by atoms with Crippen LogP contribution >= 0.6 is 0 Å². The largest absolute Gasteiger partial charge is 0.497 e. The molecule has 0 radical (unpaired) electrons. The van der Waals surface area contributed by atoms with E-state index in [0.717, 1.165) is 5.56 Å². The molecule has 4 rings (SSSR count). The van der Waals surface area contributed by atoms with E-state index in [1.807, 2.05) is 24.3 Å². The average Bonchev–Trinajstić information content (AvgIpc) is 3.17. The van der Waals surface area contributed by atoms with E-state index in [1.165, 1.54) is 20.3 Å². The van der Waals surface area contributed by atoms with Crippen molar-refractivity contribution < 1.29 is 38.0 Å². The molecule has 35 heavy (non-hydrogen) atoms. The van der Waals surface area contributed by atoms with E-state index in [-0.39, 0.29) is 23.9 Å². The first-order chi connectivity index (χ1) is 16.7. The van der Waals surface area contributed by atoms with Gasteiger partial charge in [0.2, 0.25) is 0 Å². The Hall–Kier alpha value is -3.20. The summed E-state index contributed by atoms with van der Waals surface area (Å²) in [5, 5.41) is 0. The minimum Gasteiger partial charge on any atom is -0.497 e. The number of esters is 1. The van der Waals surface area contributed by atoms with Gasteiger partial charge in [-0.05, 0) is 50.1 Å². The van der Waals surface area contributed by atoms with Crippen LogP contribution in [-0.2, 0) is 23.7 Å². The molecule has 0 unspecified atom stereocenters. The van der Waals surface area contributed by atoms with Gasteiger partial charge >= 0.3 is 5.97 Å². The normalized spacial score (nSPS) is 24.5. The van der Waals surface area contributed by atoms with Crippen molar-refractivity contribution in [2.75, 3.05) is 21.0 Å². The van der Waals surface area contributed by atoms with E-state index in [4.69, 9.17) is 28.4 Å². The van der Waals surface area contributed by atoms with Gasteiger partial charge in [0, 0.05) is 25.2 Å². The molecule has 3 atom stereocenters. The summed E-state index contributed by atoms with van der Waals surface area (Å²) in [5.41, 5.74) is 2.26. The van der Waals surface area contributed by atoms with Crippen LogP contribution in [0.2, 0.25) is 0 Å². The summed E-state index contributed by atoms with van der Waals surface area (Å²) in [6.45, 7) is 5.27. The van der Waals surface area contributed by atoms with Crippen molar-refractivity contribution in [1.82, 2.24) is 0 Å². The molecule has 1 fully saturated rings. The first kappa shape index (κ1) is 24.9. The van der Waals surface area contributed by atoms with Crippen molar-refractivity contribution in [1.29, 1.82) is 0 Å². The molecule has 8 nitrogen and oxygen atoms in total. The lowest BCUT2D eigenvalue weighted by molar-refractivity contribution is -0.153. The topological polar surface area (TPSA) is 89.5 Å². The van der Waals surface area contributed by atoms with Crippen LogP contribution in [0.15, 0.2) is 48.6 Å². The summed E-state index contributed by atoms with van der Waals surface area (Å²) < 4.78 is 34.1. The third-order valence-electron chi connectivity index (χ3n) is 5.81. The van der Waals surface area contributed by atoms with Gasteiger partial charge in [-0.1, -0.05) is 24.3 Å². The van der Waals surface area contributed by atoms with E-state index in [0.29, 0.717) is 23.3 Å². The zero-order valence-corrected chi connectivity index (χ0v) is 20.5. The number of carbonyl (C=O) groups is 2. The number of hydrogen-bond acceptors (Lipinski definition) is 8. The van der Waals surface area contributed by atoms with Crippen LogP contribution in [0.5, 0.6) is 11.5 Å². The van der Waals surface area contributed by atoms with Crippen molar-refractivity contribution in [3.8, 4) is 22.6 Å². The Morgan fingerprint density at radius 1 is 1.06 bits per heavy atom. The molecule has 186 valence electrons. The van der Waals surface area contributed by atoms with Gasteiger partial charge in [-0.2, -0.15) is 0 Å². The highest BCUT2D eigenvalue weighted by Crippen LogP contribution is 2.42. The zero-order chi connectivity index (χ0) is 25.2. The Bertz CT molecular complexity index is 1140. The second kappa shape index (κ2) is 10.2. The van der Waals surface area contributed by atoms with Crippen LogP contribution in [-0.4, -0.2) is 50.8 Å². The molecule has 2 aliphatic heterocycles. The summed E-state index contributed by atoms with van der Waals surface area (Å²) in [4.78, 5) is 26.4. The predicted octanol–water partition coefficient (Wildman–Crippen LogP) is 4.61. The first-order valence-corrected chi connectivity index (χ1v) is 11.4. The highest BCUT2D eigenvalue weighted by Gasteiger charge is 2.45. The third-order valence-corrected chi connectivity index (χ3v) is 5.81. The highest BCUT2D eigenvalue weighted by atomic mass is 16.8. The van der Waals surface area contributed by atoms with Crippen molar-refractivity contribution in [3.63, 3.8) is 0 Å². The van der Waals surface area contributed by atoms with Gasteiger partial charge in [0.25, 0.3) is 0 Å². The Labute approximate surface area is 204 Å². The first-order valence-electron chi connectivity index (χ1n) is 11.4. The van der Waals surface area contributed by atoms with Gasteiger partial charge in [-0.25, -0.2) is 4.79 Å². The number of ketones is 1. The van der Waals surface area contributed by atoms with Crippen LogP contribution < -0.4 is 9.47 Å². The van der Waals surface area contributed by atoms with E-state index in [1.54, 1.807) is 39.0 Å². The van der Waals surface area contributed by atoms with Crippen LogP contribution in [0.4, 0.5) is 0 Å². The molecule has 0 aliphatic carbocycles. The SMILES string of the molecule is COCOc1cc(OC)cc2c1C(=O)O[C@@H](C)C/C=C\C(=O)[C@H]1OC(C)(C)O[C@@H]1c1cccc-2c1. The maximum absolute atomic E-state index is 13.4. The fraction of sp³-hybridized carbons (Fsp3) is 0.407. The number of rotatable bonds is 4. The molecule has 0 N–H and O–H groups in total. The molecule has 8 heteroatoms. The number of carbonyl (C=O) groups excluding carboxylic acids is 2. The Kier molecular flexibility index (Phi) is 7.25. The van der Waals surface area contributed by atoms with Crippen LogP contribution in [0, 0.1) is 0 Å². The standard InChI is InChI=1S/C27H30O8/c1-16-8-6-11-21(28)25-24(34-27(2,3)35-25)18-10-7-9-17(12-18)20-13-19(31-5)14-22(32-15-30-4)23(20)26(29)33-16/h6-7,9-14,16,24-25H,8,15H2,1-5H3/b11-6-/t16-,24+,25+/m0/s1. The molecule has 2 aromatic carbocycles. The molecular weight excluding hydrogens is 452 g/mol. The zero-order valence-electron chi connectivity index (χ0n) is 20.5. The number of fused-ring (bicyclic) bond motifs is 6. The second-order valence-corrected chi connectivity index (χ2v) is 8.96. The van der Waals surface area contributed by atoms with Crippen LogP contribution in [0.1, 0.15) is 49.2 Å². The van der Waals surface area contributed by atoms with Crippen molar-refractivity contribution in [2.24, 2.45) is 0 Å².